The van der Waals surface area contributed by atoms with E-state index in [2.05, 4.69) is 27.1 Å². The zero-order valence-corrected chi connectivity index (χ0v) is 11.4. The molecule has 0 radical (unpaired) electrons. The molecule has 1 aromatic rings. The Balaban J connectivity index is 1.96. The summed E-state index contributed by atoms with van der Waals surface area (Å²) < 4.78 is 5.59. The van der Waals surface area contributed by atoms with Gasteiger partial charge in [0.15, 0.2) is 0 Å². The molecule has 1 saturated carbocycles. The molecule has 96 valence electrons. The molecule has 0 amide bonds. The standard InChI is InChI=1S/C11H20N4OS/c1-7(12-2)10-14-15-11(16-10)13-8-5-4-6-9(8)17-3/h7-9,12H,4-6H2,1-3H3,(H,13,15). The molecule has 0 bridgehead atoms. The minimum Gasteiger partial charge on any atom is -0.406 e. The quantitative estimate of drug-likeness (QED) is 0.840. The summed E-state index contributed by atoms with van der Waals surface area (Å²) >= 11 is 1.91. The van der Waals surface area contributed by atoms with Crippen LogP contribution in [0.4, 0.5) is 6.01 Å². The fourth-order valence-electron chi connectivity index (χ4n) is 2.12. The molecule has 1 aliphatic carbocycles. The Morgan fingerprint density at radius 2 is 2.24 bits per heavy atom. The molecule has 2 N–H and O–H groups in total. The average molecular weight is 256 g/mol. The lowest BCUT2D eigenvalue weighted by Crippen LogP contribution is -2.25. The highest BCUT2D eigenvalue weighted by Gasteiger charge is 2.27. The van der Waals surface area contributed by atoms with E-state index in [-0.39, 0.29) is 6.04 Å². The minimum absolute atomic E-state index is 0.0953. The van der Waals surface area contributed by atoms with Crippen LogP contribution in [0, 0.1) is 0 Å². The molecular formula is C11H20N4OS. The van der Waals surface area contributed by atoms with Gasteiger partial charge in [0.05, 0.1) is 6.04 Å². The Morgan fingerprint density at radius 3 is 2.94 bits per heavy atom. The van der Waals surface area contributed by atoms with Crippen LogP contribution in [0.25, 0.3) is 0 Å². The summed E-state index contributed by atoms with van der Waals surface area (Å²) in [5.41, 5.74) is 0. The molecule has 1 fully saturated rings. The molecule has 0 spiro atoms. The van der Waals surface area contributed by atoms with Gasteiger partial charge in [-0.2, -0.15) is 11.8 Å². The molecular weight excluding hydrogens is 236 g/mol. The summed E-state index contributed by atoms with van der Waals surface area (Å²) in [4.78, 5) is 0. The fraction of sp³-hybridized carbons (Fsp3) is 0.818. The van der Waals surface area contributed by atoms with Gasteiger partial charge in [-0.25, -0.2) is 0 Å². The molecule has 2 rings (SSSR count). The Morgan fingerprint density at radius 1 is 1.41 bits per heavy atom. The summed E-state index contributed by atoms with van der Waals surface area (Å²) in [5.74, 6) is 0.633. The highest BCUT2D eigenvalue weighted by molar-refractivity contribution is 7.99. The van der Waals surface area contributed by atoms with Gasteiger partial charge in [0.2, 0.25) is 5.89 Å². The zero-order valence-electron chi connectivity index (χ0n) is 10.6. The zero-order chi connectivity index (χ0) is 12.3. The predicted octanol–water partition coefficient (Wildman–Crippen LogP) is 2.05. The van der Waals surface area contributed by atoms with Crippen LogP contribution in [0.1, 0.15) is 38.1 Å². The lowest BCUT2D eigenvalue weighted by atomic mass is 10.2. The summed E-state index contributed by atoms with van der Waals surface area (Å²) in [6.07, 6.45) is 5.89. The number of thioether (sulfide) groups is 1. The van der Waals surface area contributed by atoms with E-state index in [1.54, 1.807) is 0 Å². The SMILES string of the molecule is CNC(C)c1nnc(NC2CCCC2SC)o1. The predicted molar refractivity (Wildman–Crippen MR) is 70.3 cm³/mol. The van der Waals surface area contributed by atoms with E-state index in [0.29, 0.717) is 23.2 Å². The van der Waals surface area contributed by atoms with Gasteiger partial charge < -0.3 is 15.1 Å². The van der Waals surface area contributed by atoms with Gasteiger partial charge in [0, 0.05) is 11.3 Å². The van der Waals surface area contributed by atoms with Crippen LogP contribution < -0.4 is 10.6 Å². The Labute approximate surface area is 106 Å². The number of nitrogens with one attached hydrogen (secondary N) is 2. The molecule has 17 heavy (non-hydrogen) atoms. The molecule has 3 unspecified atom stereocenters. The maximum Gasteiger partial charge on any atom is 0.315 e. The van der Waals surface area contributed by atoms with Gasteiger partial charge >= 0.3 is 6.01 Å². The van der Waals surface area contributed by atoms with Crippen LogP contribution in [0.5, 0.6) is 0 Å². The van der Waals surface area contributed by atoms with Crippen molar-refractivity contribution in [2.45, 2.75) is 43.5 Å². The van der Waals surface area contributed by atoms with Crippen molar-refractivity contribution in [3.63, 3.8) is 0 Å². The fourth-order valence-corrected chi connectivity index (χ4v) is 3.06. The molecule has 1 aliphatic rings. The van der Waals surface area contributed by atoms with Crippen molar-refractivity contribution in [2.24, 2.45) is 0 Å². The first-order valence-corrected chi connectivity index (χ1v) is 7.33. The third-order valence-corrected chi connectivity index (χ3v) is 4.48. The smallest absolute Gasteiger partial charge is 0.315 e. The normalized spacial score (nSPS) is 26.1. The topological polar surface area (TPSA) is 63.0 Å². The van der Waals surface area contributed by atoms with Crippen LogP contribution in [0.2, 0.25) is 0 Å². The highest BCUT2D eigenvalue weighted by Crippen LogP contribution is 2.30. The van der Waals surface area contributed by atoms with Crippen LogP contribution in [0.15, 0.2) is 4.42 Å². The Kier molecular flexibility index (Phi) is 4.28. The van der Waals surface area contributed by atoms with Crippen LogP contribution in [0.3, 0.4) is 0 Å². The Hall–Kier alpha value is -0.750. The largest absolute Gasteiger partial charge is 0.406 e. The molecule has 5 nitrogen and oxygen atoms in total. The summed E-state index contributed by atoms with van der Waals surface area (Å²) in [6, 6.07) is 1.11. The van der Waals surface area contributed by atoms with Crippen molar-refractivity contribution in [1.82, 2.24) is 15.5 Å². The molecule has 0 saturated heterocycles. The lowest BCUT2D eigenvalue weighted by Gasteiger charge is -2.17. The number of nitrogens with zero attached hydrogens (tertiary/aromatic N) is 2. The molecule has 0 aromatic carbocycles. The maximum absolute atomic E-state index is 5.59. The van der Waals surface area contributed by atoms with Crippen molar-refractivity contribution in [2.75, 3.05) is 18.6 Å². The van der Waals surface area contributed by atoms with E-state index in [4.69, 9.17) is 4.42 Å². The minimum atomic E-state index is 0.0953. The van der Waals surface area contributed by atoms with E-state index in [1.807, 2.05) is 25.7 Å². The second-order valence-electron chi connectivity index (χ2n) is 4.41. The second kappa shape index (κ2) is 5.73. The third-order valence-electron chi connectivity index (χ3n) is 3.31. The van der Waals surface area contributed by atoms with Crippen LogP contribution in [-0.2, 0) is 0 Å². The van der Waals surface area contributed by atoms with E-state index < -0.39 is 0 Å². The van der Waals surface area contributed by atoms with Crippen molar-refractivity contribution < 1.29 is 4.42 Å². The van der Waals surface area contributed by atoms with Crippen LogP contribution in [-0.4, -0.2) is 34.8 Å². The van der Waals surface area contributed by atoms with Gasteiger partial charge in [-0.1, -0.05) is 11.5 Å². The highest BCUT2D eigenvalue weighted by atomic mass is 32.2. The number of hydrogen-bond acceptors (Lipinski definition) is 6. The first-order valence-electron chi connectivity index (χ1n) is 6.04. The van der Waals surface area contributed by atoms with Gasteiger partial charge in [0.25, 0.3) is 0 Å². The second-order valence-corrected chi connectivity index (χ2v) is 5.49. The number of rotatable bonds is 5. The molecule has 6 heteroatoms. The van der Waals surface area contributed by atoms with Gasteiger partial charge in [-0.15, -0.1) is 5.10 Å². The maximum atomic E-state index is 5.59. The molecule has 1 aromatic heterocycles. The van der Waals surface area contributed by atoms with Crippen molar-refractivity contribution in [1.29, 1.82) is 0 Å². The Bertz CT molecular complexity index is 357. The number of hydrogen-bond donors (Lipinski definition) is 2. The monoisotopic (exact) mass is 256 g/mol. The van der Waals surface area contributed by atoms with E-state index in [0.717, 1.165) is 0 Å². The first-order chi connectivity index (χ1) is 8.24. The summed E-state index contributed by atoms with van der Waals surface area (Å²) in [6.45, 7) is 2.00. The lowest BCUT2D eigenvalue weighted by molar-refractivity contribution is 0.438. The van der Waals surface area contributed by atoms with E-state index in [9.17, 15) is 0 Å². The molecule has 0 aliphatic heterocycles. The summed E-state index contributed by atoms with van der Waals surface area (Å²) in [7, 11) is 1.88. The van der Waals surface area contributed by atoms with E-state index >= 15 is 0 Å². The number of anilines is 1. The van der Waals surface area contributed by atoms with Gasteiger partial charge in [-0.3, -0.25) is 0 Å². The third kappa shape index (κ3) is 2.93. The summed E-state index contributed by atoms with van der Waals surface area (Å²) in [5, 5.41) is 15.2. The first kappa shape index (κ1) is 12.7. The average Bonchev–Trinajstić information content (AvgIpc) is 2.97. The van der Waals surface area contributed by atoms with Crippen molar-refractivity contribution in [3.8, 4) is 0 Å². The number of aromatic nitrogens is 2. The van der Waals surface area contributed by atoms with Crippen LogP contribution >= 0.6 is 11.8 Å². The van der Waals surface area contributed by atoms with Gasteiger partial charge in [0.1, 0.15) is 0 Å². The van der Waals surface area contributed by atoms with Gasteiger partial charge in [-0.05, 0) is 33.1 Å². The van der Waals surface area contributed by atoms with E-state index in [1.165, 1.54) is 19.3 Å². The molecule has 3 atom stereocenters. The molecule has 1 heterocycles. The van der Waals surface area contributed by atoms with Crippen molar-refractivity contribution in [3.05, 3.63) is 5.89 Å². The van der Waals surface area contributed by atoms with Crippen molar-refractivity contribution >= 4 is 17.8 Å².